The zero-order valence-corrected chi connectivity index (χ0v) is 41.7. The normalized spacial score (nSPS) is 11.3. The quantitative estimate of drug-likeness (QED) is 0.0563. The fourth-order valence-corrected chi connectivity index (χ4v) is 3.80. The summed E-state index contributed by atoms with van der Waals surface area (Å²) < 4.78 is 38.0. The molecule has 0 aliphatic heterocycles. The molecule has 0 heterocycles. The van der Waals surface area contributed by atoms with Crippen molar-refractivity contribution in [1.29, 1.82) is 0 Å². The van der Waals surface area contributed by atoms with E-state index in [1.54, 1.807) is 55.4 Å². The van der Waals surface area contributed by atoms with E-state index in [2.05, 4.69) is 52.0 Å². The largest absolute Gasteiger partial charge is 0.450 e. The fourth-order valence-electron chi connectivity index (χ4n) is 3.80. The van der Waals surface area contributed by atoms with Crippen LogP contribution >= 0.6 is 0 Å². The molecule has 0 saturated carbocycles. The Kier molecular flexibility index (Phi) is 44.5. The van der Waals surface area contributed by atoms with Crippen molar-refractivity contribution in [1.82, 2.24) is 42.5 Å². The Balaban J connectivity index is -0.000000408. The molecule has 4 atom stereocenters. The second-order valence-corrected chi connectivity index (χ2v) is 12.9. The first-order valence-corrected chi connectivity index (χ1v) is 21.9. The van der Waals surface area contributed by atoms with Crippen LogP contribution < -0.4 is 42.5 Å². The maximum absolute atomic E-state index is 11.2. The van der Waals surface area contributed by atoms with Crippen LogP contribution in [0.25, 0.3) is 0 Å². The molecule has 0 fully saturated rings. The van der Waals surface area contributed by atoms with Gasteiger partial charge in [-0.1, -0.05) is 0 Å². The van der Waals surface area contributed by atoms with Gasteiger partial charge in [0.2, 0.25) is 5.91 Å². The molecule has 0 aromatic carbocycles. The molecule has 0 rings (SSSR count). The number of nitrogens with one attached hydrogen (secondary N) is 8. The van der Waals surface area contributed by atoms with Crippen LogP contribution in [0.15, 0.2) is 0 Å². The lowest BCUT2D eigenvalue weighted by Gasteiger charge is -2.15. The van der Waals surface area contributed by atoms with Crippen molar-refractivity contribution in [2.24, 2.45) is 0 Å². The third kappa shape index (κ3) is 43.3. The molecule has 69 heavy (non-hydrogen) atoms. The number of alkyl carbamates (subject to hydrolysis) is 7. The summed E-state index contributed by atoms with van der Waals surface area (Å²) >= 11 is 0. The van der Waals surface area contributed by atoms with E-state index in [9.17, 15) is 57.5 Å². The molecular formula is C41H74N8O20. The first-order valence-electron chi connectivity index (χ1n) is 21.9. The first-order chi connectivity index (χ1) is 32.5. The smallest absolute Gasteiger partial charge is 0.407 e. The predicted octanol–water partition coefficient (Wildman–Crippen LogP) is 1.15. The minimum Gasteiger partial charge on any atom is -0.450 e. The number of hydrogen-bond donors (Lipinski definition) is 8. The van der Waals surface area contributed by atoms with Crippen molar-refractivity contribution >= 4 is 71.7 Å². The van der Waals surface area contributed by atoms with Gasteiger partial charge >= 0.3 is 42.7 Å². The first kappa shape index (κ1) is 68.6. The summed E-state index contributed by atoms with van der Waals surface area (Å²) in [6.45, 7) is 21.0. The van der Waals surface area contributed by atoms with Crippen molar-refractivity contribution in [3.8, 4) is 0 Å². The number of carbonyl (C=O) groups excluding carboxylic acids is 12. The SMILES string of the molecule is CCNC(=O)OC(CNC(=O)COCC)C(C)=O.CCNC(=O)OC(CNC(=O)OCC)C(C)=O.CCNC(=O)OCC(NC(=O)OCC)C(C)=O.CCNC(=O)OCC(OC(=O)NCC)C(C)=O. The van der Waals surface area contributed by atoms with Gasteiger partial charge in [0.25, 0.3) is 0 Å². The highest BCUT2D eigenvalue weighted by Crippen LogP contribution is 1.98. The Bertz CT molecular complexity index is 1450. The molecule has 0 radical (unpaired) electrons. The number of carbonyl (C=O) groups is 12. The zero-order chi connectivity index (χ0) is 53.7. The van der Waals surface area contributed by atoms with E-state index in [0.29, 0.717) is 39.3 Å². The summed E-state index contributed by atoms with van der Waals surface area (Å²) in [4.78, 5) is 133. The van der Waals surface area contributed by atoms with Crippen LogP contribution in [0.1, 0.15) is 83.1 Å². The number of hydrogen-bond acceptors (Lipinski definition) is 20. The molecule has 398 valence electrons. The summed E-state index contributed by atoms with van der Waals surface area (Å²) in [7, 11) is 0. The van der Waals surface area contributed by atoms with Crippen molar-refractivity contribution in [3.05, 3.63) is 0 Å². The molecular weight excluding hydrogens is 924 g/mol. The molecule has 28 heteroatoms. The average molecular weight is 999 g/mol. The molecule has 0 saturated heterocycles. The van der Waals surface area contributed by atoms with Gasteiger partial charge in [-0.25, -0.2) is 33.6 Å². The van der Waals surface area contributed by atoms with Gasteiger partial charge in [0.15, 0.2) is 41.4 Å². The second kappa shape index (κ2) is 44.8. The van der Waals surface area contributed by atoms with Gasteiger partial charge in [-0.05, 0) is 83.1 Å². The van der Waals surface area contributed by atoms with Gasteiger partial charge in [-0.2, -0.15) is 0 Å². The van der Waals surface area contributed by atoms with E-state index in [-0.39, 0.29) is 75.2 Å². The highest BCUT2D eigenvalue weighted by molar-refractivity contribution is 5.87. The van der Waals surface area contributed by atoms with Gasteiger partial charge < -0.3 is 80.4 Å². The maximum Gasteiger partial charge on any atom is 0.407 e. The highest BCUT2D eigenvalue weighted by Gasteiger charge is 2.23. The van der Waals surface area contributed by atoms with E-state index >= 15 is 0 Å². The topological polar surface area (TPSA) is 375 Å². The van der Waals surface area contributed by atoms with E-state index < -0.39 is 67.0 Å². The number of amides is 8. The Morgan fingerprint density at radius 3 is 1.07 bits per heavy atom. The molecule has 0 spiro atoms. The van der Waals surface area contributed by atoms with Crippen molar-refractivity contribution < 1.29 is 95.4 Å². The third-order valence-electron chi connectivity index (χ3n) is 7.15. The lowest BCUT2D eigenvalue weighted by molar-refractivity contribution is -0.128. The fraction of sp³-hybridized carbons (Fsp3) is 0.707. The summed E-state index contributed by atoms with van der Waals surface area (Å²) in [6.07, 6.45) is -7.83. The van der Waals surface area contributed by atoms with E-state index in [1.807, 2.05) is 0 Å². The van der Waals surface area contributed by atoms with Crippen LogP contribution in [0.3, 0.4) is 0 Å². The number of Topliss-reactive ketones (excluding diaryl/α,β-unsaturated/α-hetero) is 4. The van der Waals surface area contributed by atoms with Crippen LogP contribution in [0.2, 0.25) is 0 Å². The minimum absolute atomic E-state index is 0.0572. The van der Waals surface area contributed by atoms with Crippen molar-refractivity contribution in [2.45, 2.75) is 107 Å². The molecule has 8 N–H and O–H groups in total. The summed E-state index contributed by atoms with van der Waals surface area (Å²) in [5.41, 5.74) is 0. The van der Waals surface area contributed by atoms with Crippen LogP contribution in [0, 0.1) is 0 Å². The van der Waals surface area contributed by atoms with E-state index in [4.69, 9.17) is 28.4 Å². The monoisotopic (exact) mass is 999 g/mol. The van der Waals surface area contributed by atoms with Gasteiger partial charge in [0, 0.05) is 39.3 Å². The van der Waals surface area contributed by atoms with Crippen molar-refractivity contribution in [2.75, 3.05) is 85.5 Å². The standard InChI is InChI=1S/C11H20N2O5.3C10H18N2O5/c1-4-12-11(16)18-9(8(3)14)6-13-10(15)7-17-5-2;1-4-11-10(15)17-8(7(3)13)6-12-9(14)16-5-2;1-4-11-9(14)17-6-8(7(3)13)12-10(15)16-5-2;1-4-11-9(14)16-6-8(7(3)13)17-10(15)12-5-2/h9H,4-7H2,1-3H3,(H,12,16)(H,13,15);8H,4-6H2,1-3H3,(H,11,15)(H,12,14);2*8H,4-6H2,1-3H3,(H,11,14)(H,12,15). The Labute approximate surface area is 402 Å². The summed E-state index contributed by atoms with van der Waals surface area (Å²) in [6, 6.07) is -0.892. The van der Waals surface area contributed by atoms with E-state index in [1.165, 1.54) is 27.7 Å². The minimum atomic E-state index is -1.08. The molecule has 0 aromatic heterocycles. The molecule has 0 bridgehead atoms. The number of ketones is 4. The third-order valence-corrected chi connectivity index (χ3v) is 7.15. The molecule has 0 aliphatic rings. The number of rotatable bonds is 26. The maximum atomic E-state index is 11.2. The summed E-state index contributed by atoms with van der Waals surface area (Å²) in [5, 5.41) is 19.0. The van der Waals surface area contributed by atoms with E-state index in [0.717, 1.165) is 0 Å². The van der Waals surface area contributed by atoms with Crippen LogP contribution in [0.4, 0.5) is 33.6 Å². The van der Waals surface area contributed by atoms with Gasteiger partial charge in [0.05, 0.1) is 26.3 Å². The molecule has 0 aromatic rings. The second-order valence-electron chi connectivity index (χ2n) is 12.9. The molecule has 4 unspecified atom stereocenters. The average Bonchev–Trinajstić information content (AvgIpc) is 3.26. The Morgan fingerprint density at radius 1 is 0.362 bits per heavy atom. The summed E-state index contributed by atoms with van der Waals surface area (Å²) in [5.74, 6) is -1.75. The Hall–Kier alpha value is -7.00. The van der Waals surface area contributed by atoms with Crippen molar-refractivity contribution in [3.63, 3.8) is 0 Å². The van der Waals surface area contributed by atoms with Crippen LogP contribution in [0.5, 0.6) is 0 Å². The Morgan fingerprint density at radius 2 is 0.710 bits per heavy atom. The van der Waals surface area contributed by atoms with Gasteiger partial charge in [-0.3, -0.25) is 24.0 Å². The predicted molar refractivity (Wildman–Crippen MR) is 243 cm³/mol. The molecule has 0 aliphatic carbocycles. The van der Waals surface area contributed by atoms with Gasteiger partial charge in [-0.15, -0.1) is 0 Å². The lowest BCUT2D eigenvalue weighted by atomic mass is 10.2. The molecule has 8 amide bonds. The zero-order valence-electron chi connectivity index (χ0n) is 41.7. The lowest BCUT2D eigenvalue weighted by Crippen LogP contribution is -2.44. The highest BCUT2D eigenvalue weighted by atomic mass is 16.6. The number of ether oxygens (including phenoxy) is 8. The van der Waals surface area contributed by atoms with Crippen LogP contribution in [-0.4, -0.2) is 182 Å². The van der Waals surface area contributed by atoms with Gasteiger partial charge in [0.1, 0.15) is 25.9 Å². The van der Waals surface area contributed by atoms with Crippen LogP contribution in [-0.2, 0) is 61.9 Å². The molecule has 28 nitrogen and oxygen atoms in total.